The number of amides is 1. The zero-order valence-corrected chi connectivity index (χ0v) is 13.5. The molecule has 1 aromatic carbocycles. The van der Waals surface area contributed by atoms with Gasteiger partial charge in [-0.05, 0) is 35.8 Å². The molecule has 0 aliphatic rings. The van der Waals surface area contributed by atoms with Crippen molar-refractivity contribution in [1.82, 2.24) is 5.32 Å². The van der Waals surface area contributed by atoms with E-state index < -0.39 is 17.9 Å². The maximum Gasteiger partial charge on any atom is 0.328 e. The van der Waals surface area contributed by atoms with Gasteiger partial charge in [0.15, 0.2) is 0 Å². The number of methoxy groups -OCH3 is 1. The quantitative estimate of drug-likeness (QED) is 0.666. The number of ether oxygens (including phenoxy) is 1. The first kappa shape index (κ1) is 17.5. The van der Waals surface area contributed by atoms with Gasteiger partial charge in [0.1, 0.15) is 6.04 Å². The van der Waals surface area contributed by atoms with Crippen LogP contribution in [0.2, 0.25) is 10.0 Å². The smallest absolute Gasteiger partial charge is 0.328 e. The number of esters is 1. The zero-order valence-electron chi connectivity index (χ0n) is 12.0. The Hall–Kier alpha value is -1.52. The highest BCUT2D eigenvalue weighted by Gasteiger charge is 2.23. The number of hydrogen-bond acceptors (Lipinski definition) is 3. The molecule has 1 atom stereocenters. The molecule has 1 aromatic rings. The van der Waals surface area contributed by atoms with E-state index in [0.717, 1.165) is 0 Å². The van der Waals surface area contributed by atoms with Crippen molar-refractivity contribution in [2.45, 2.75) is 19.9 Å². The first-order valence-corrected chi connectivity index (χ1v) is 7.12. The Morgan fingerprint density at radius 2 is 1.95 bits per heavy atom. The topological polar surface area (TPSA) is 55.4 Å². The van der Waals surface area contributed by atoms with E-state index in [0.29, 0.717) is 15.6 Å². The number of nitrogens with one attached hydrogen (secondary N) is 1. The lowest BCUT2D eigenvalue weighted by atomic mass is 10.0. The van der Waals surface area contributed by atoms with Gasteiger partial charge in [-0.3, -0.25) is 4.79 Å². The summed E-state index contributed by atoms with van der Waals surface area (Å²) < 4.78 is 4.66. The molecular weight excluding hydrogens is 313 g/mol. The summed E-state index contributed by atoms with van der Waals surface area (Å²) in [6, 6.07) is 4.26. The van der Waals surface area contributed by atoms with Crippen molar-refractivity contribution in [1.29, 1.82) is 0 Å². The normalized spacial score (nSPS) is 12.5. The monoisotopic (exact) mass is 329 g/mol. The average molecular weight is 330 g/mol. The van der Waals surface area contributed by atoms with Gasteiger partial charge in [0.25, 0.3) is 0 Å². The van der Waals surface area contributed by atoms with Crippen LogP contribution in [-0.2, 0) is 14.3 Å². The maximum absolute atomic E-state index is 11.9. The van der Waals surface area contributed by atoms with Crippen molar-refractivity contribution < 1.29 is 14.3 Å². The fraction of sp³-hybridized carbons (Fsp3) is 0.333. The van der Waals surface area contributed by atoms with Crippen LogP contribution in [0.4, 0.5) is 0 Å². The Morgan fingerprint density at radius 3 is 2.52 bits per heavy atom. The lowest BCUT2D eigenvalue weighted by Crippen LogP contribution is -2.44. The van der Waals surface area contributed by atoms with Crippen molar-refractivity contribution >= 4 is 41.2 Å². The molecule has 0 aliphatic heterocycles. The first-order chi connectivity index (χ1) is 9.85. The minimum absolute atomic E-state index is 0.0791. The molecule has 114 valence electrons. The number of hydrogen-bond donors (Lipinski definition) is 1. The summed E-state index contributed by atoms with van der Waals surface area (Å²) in [7, 11) is 1.28. The van der Waals surface area contributed by atoms with Crippen LogP contribution in [0.1, 0.15) is 19.4 Å². The minimum Gasteiger partial charge on any atom is -0.467 e. The van der Waals surface area contributed by atoms with Crippen molar-refractivity contribution in [2.75, 3.05) is 7.11 Å². The van der Waals surface area contributed by atoms with Gasteiger partial charge in [-0.2, -0.15) is 0 Å². The summed E-state index contributed by atoms with van der Waals surface area (Å²) in [5.41, 5.74) is 0.624. The first-order valence-electron chi connectivity index (χ1n) is 6.36. The summed E-state index contributed by atoms with van der Waals surface area (Å²) in [5, 5.41) is 3.60. The lowest BCUT2D eigenvalue weighted by Gasteiger charge is -2.18. The molecule has 4 nitrogen and oxygen atoms in total. The Kier molecular flexibility index (Phi) is 6.72. The van der Waals surface area contributed by atoms with Crippen LogP contribution in [0.5, 0.6) is 0 Å². The number of benzene rings is 1. The molecule has 0 spiro atoms. The van der Waals surface area contributed by atoms with Gasteiger partial charge in [0.05, 0.1) is 7.11 Å². The molecule has 0 saturated heterocycles. The number of carbonyl (C=O) groups excluding carboxylic acids is 2. The Bertz CT molecular complexity index is 556. The number of carbonyl (C=O) groups is 2. The van der Waals surface area contributed by atoms with Gasteiger partial charge in [0.2, 0.25) is 5.91 Å². The van der Waals surface area contributed by atoms with E-state index in [1.54, 1.807) is 18.2 Å². The van der Waals surface area contributed by atoms with E-state index >= 15 is 0 Å². The van der Waals surface area contributed by atoms with Crippen LogP contribution in [0.15, 0.2) is 24.3 Å². The average Bonchev–Trinajstić information content (AvgIpc) is 2.44. The lowest BCUT2D eigenvalue weighted by molar-refractivity contribution is -0.145. The van der Waals surface area contributed by atoms with Crippen LogP contribution in [0.3, 0.4) is 0 Å². The molecule has 0 radical (unpaired) electrons. The van der Waals surface area contributed by atoms with Crippen molar-refractivity contribution in [3.8, 4) is 0 Å². The molecular formula is C15H17Cl2NO3. The molecule has 0 aliphatic carbocycles. The second kappa shape index (κ2) is 8.05. The summed E-state index contributed by atoms with van der Waals surface area (Å²) in [4.78, 5) is 23.4. The molecule has 6 heteroatoms. The van der Waals surface area contributed by atoms with Gasteiger partial charge in [-0.25, -0.2) is 4.79 Å². The molecule has 0 bridgehead atoms. The predicted octanol–water partition coefficient (Wildman–Crippen LogP) is 3.32. The Morgan fingerprint density at radius 1 is 1.29 bits per heavy atom. The van der Waals surface area contributed by atoms with Crippen molar-refractivity contribution in [3.63, 3.8) is 0 Å². The third kappa shape index (κ3) is 5.40. The van der Waals surface area contributed by atoms with E-state index in [-0.39, 0.29) is 5.92 Å². The molecule has 0 saturated carbocycles. The SMILES string of the molecule is COC(=O)[C@@H](NC(=O)C=Cc1cc(Cl)ccc1Cl)C(C)C. The Labute approximate surface area is 134 Å². The second-order valence-electron chi connectivity index (χ2n) is 4.75. The Balaban J connectivity index is 2.78. The minimum atomic E-state index is -0.693. The molecule has 0 fully saturated rings. The van der Waals surface area contributed by atoms with E-state index in [4.69, 9.17) is 23.2 Å². The van der Waals surface area contributed by atoms with E-state index in [9.17, 15) is 9.59 Å². The van der Waals surface area contributed by atoms with Gasteiger partial charge < -0.3 is 10.1 Å². The third-order valence-corrected chi connectivity index (χ3v) is 3.37. The molecule has 0 unspecified atom stereocenters. The maximum atomic E-state index is 11.9. The van der Waals surface area contributed by atoms with Crippen LogP contribution >= 0.6 is 23.2 Å². The van der Waals surface area contributed by atoms with Crippen LogP contribution in [-0.4, -0.2) is 25.0 Å². The van der Waals surface area contributed by atoms with Crippen LogP contribution < -0.4 is 5.32 Å². The predicted molar refractivity (Wildman–Crippen MR) is 84.3 cm³/mol. The standard InChI is InChI=1S/C15H17Cl2NO3/c1-9(2)14(15(20)21-3)18-13(19)7-4-10-8-11(16)5-6-12(10)17/h4-9,14H,1-3H3,(H,18,19)/t14-/m0/s1. The zero-order chi connectivity index (χ0) is 16.0. The largest absolute Gasteiger partial charge is 0.467 e. The summed E-state index contributed by atoms with van der Waals surface area (Å²) in [6.07, 6.45) is 2.84. The van der Waals surface area contributed by atoms with E-state index in [1.807, 2.05) is 13.8 Å². The molecule has 1 rings (SSSR count). The van der Waals surface area contributed by atoms with Crippen LogP contribution in [0.25, 0.3) is 6.08 Å². The van der Waals surface area contributed by atoms with E-state index in [1.165, 1.54) is 19.3 Å². The van der Waals surface area contributed by atoms with E-state index in [2.05, 4.69) is 10.1 Å². The summed E-state index contributed by atoms with van der Waals surface area (Å²) >= 11 is 11.9. The highest BCUT2D eigenvalue weighted by Crippen LogP contribution is 2.21. The van der Waals surface area contributed by atoms with Crippen LogP contribution in [0, 0.1) is 5.92 Å². The summed E-state index contributed by atoms with van der Waals surface area (Å²) in [5.74, 6) is -0.966. The van der Waals surface area contributed by atoms with Crippen molar-refractivity contribution in [2.24, 2.45) is 5.92 Å². The fourth-order valence-corrected chi connectivity index (χ4v) is 1.99. The van der Waals surface area contributed by atoms with Gasteiger partial charge in [0, 0.05) is 16.1 Å². The second-order valence-corrected chi connectivity index (χ2v) is 5.60. The molecule has 1 amide bonds. The molecule has 21 heavy (non-hydrogen) atoms. The van der Waals surface area contributed by atoms with Crippen molar-refractivity contribution in [3.05, 3.63) is 39.9 Å². The number of halogens is 2. The van der Waals surface area contributed by atoms with Gasteiger partial charge in [-0.1, -0.05) is 37.0 Å². The molecule has 0 heterocycles. The van der Waals surface area contributed by atoms with Gasteiger partial charge >= 0.3 is 5.97 Å². The highest BCUT2D eigenvalue weighted by molar-refractivity contribution is 6.34. The van der Waals surface area contributed by atoms with Gasteiger partial charge in [-0.15, -0.1) is 0 Å². The highest BCUT2D eigenvalue weighted by atomic mass is 35.5. The number of rotatable bonds is 5. The summed E-state index contributed by atoms with van der Waals surface area (Å²) in [6.45, 7) is 3.64. The molecule has 0 aromatic heterocycles. The fourth-order valence-electron chi connectivity index (χ4n) is 1.63. The third-order valence-electron chi connectivity index (χ3n) is 2.79. The molecule has 1 N–H and O–H groups in total.